The van der Waals surface area contributed by atoms with Crippen LogP contribution in [-0.2, 0) is 9.53 Å². The maximum atomic E-state index is 12.3. The van der Waals surface area contributed by atoms with Crippen molar-refractivity contribution in [1.29, 1.82) is 0 Å². The lowest BCUT2D eigenvalue weighted by molar-refractivity contribution is -0.133. The fourth-order valence-corrected chi connectivity index (χ4v) is 3.00. The third kappa shape index (κ3) is 5.67. The summed E-state index contributed by atoms with van der Waals surface area (Å²) in [5, 5.41) is 0.592. The fraction of sp³-hybridized carbons (Fsp3) is 0.474. The number of Topliss-reactive ketones (excluding diaryl/α,β-unsaturated/α-hetero) is 1. The third-order valence-electron chi connectivity index (χ3n) is 4.14. The summed E-state index contributed by atoms with van der Waals surface area (Å²) in [7, 11) is 0. The zero-order valence-corrected chi connectivity index (χ0v) is 14.4. The second kappa shape index (κ2) is 9.46. The maximum Gasteiger partial charge on any atom is 0.223 e. The molecule has 1 amide bonds. The minimum absolute atomic E-state index is 0.0268. The molecule has 0 N–H and O–H groups in total. The van der Waals surface area contributed by atoms with E-state index in [9.17, 15) is 9.59 Å². The SMILES string of the molecule is C#CCOCC1CCCN(C(=O)CCC(=O)c2ccc(Cl)cc2)C1. The Morgan fingerprint density at radius 1 is 1.29 bits per heavy atom. The number of benzene rings is 1. The molecule has 1 unspecified atom stereocenters. The van der Waals surface area contributed by atoms with Crippen LogP contribution < -0.4 is 0 Å². The van der Waals surface area contributed by atoms with Crippen LogP contribution in [0.2, 0.25) is 5.02 Å². The van der Waals surface area contributed by atoms with Gasteiger partial charge < -0.3 is 9.64 Å². The lowest BCUT2D eigenvalue weighted by Gasteiger charge is -2.32. The quantitative estimate of drug-likeness (QED) is 0.432. The van der Waals surface area contributed by atoms with E-state index in [4.69, 9.17) is 22.8 Å². The summed E-state index contributed by atoms with van der Waals surface area (Å²) in [6.45, 7) is 2.32. The van der Waals surface area contributed by atoms with E-state index < -0.39 is 0 Å². The molecule has 1 aliphatic rings. The van der Waals surface area contributed by atoms with Crippen LogP contribution in [0.3, 0.4) is 0 Å². The molecule has 0 radical (unpaired) electrons. The van der Waals surface area contributed by atoms with Gasteiger partial charge in [0.1, 0.15) is 6.61 Å². The summed E-state index contributed by atoms with van der Waals surface area (Å²) in [6, 6.07) is 6.74. The highest BCUT2D eigenvalue weighted by Crippen LogP contribution is 2.18. The molecule has 0 spiro atoms. The van der Waals surface area contributed by atoms with E-state index in [0.29, 0.717) is 36.3 Å². The number of halogens is 1. The van der Waals surface area contributed by atoms with Crippen molar-refractivity contribution in [3.63, 3.8) is 0 Å². The number of amides is 1. The molecule has 128 valence electrons. The van der Waals surface area contributed by atoms with Crippen molar-refractivity contribution >= 4 is 23.3 Å². The Hall–Kier alpha value is -1.83. The second-order valence-corrected chi connectivity index (χ2v) is 6.43. The van der Waals surface area contributed by atoms with Gasteiger partial charge in [-0.1, -0.05) is 17.5 Å². The number of hydrogen-bond donors (Lipinski definition) is 0. The Kier molecular flexibility index (Phi) is 7.30. The van der Waals surface area contributed by atoms with Gasteiger partial charge in [0.15, 0.2) is 5.78 Å². The van der Waals surface area contributed by atoms with E-state index in [1.165, 1.54) is 0 Å². The highest BCUT2D eigenvalue weighted by atomic mass is 35.5. The predicted molar refractivity (Wildman–Crippen MR) is 94.0 cm³/mol. The van der Waals surface area contributed by atoms with Gasteiger partial charge in [-0.3, -0.25) is 9.59 Å². The molecular weight excluding hydrogens is 326 g/mol. The number of carbonyl (C=O) groups excluding carboxylic acids is 2. The van der Waals surface area contributed by atoms with E-state index >= 15 is 0 Å². The van der Waals surface area contributed by atoms with Crippen molar-refractivity contribution in [1.82, 2.24) is 4.90 Å². The Labute approximate surface area is 148 Å². The van der Waals surface area contributed by atoms with Crippen molar-refractivity contribution in [2.24, 2.45) is 5.92 Å². The highest BCUT2D eigenvalue weighted by molar-refractivity contribution is 6.30. The standard InChI is InChI=1S/C19H22ClNO3/c1-2-12-24-14-15-4-3-11-21(13-15)19(23)10-9-18(22)16-5-7-17(20)8-6-16/h1,5-8,15H,3-4,9-14H2. The predicted octanol–water partition coefficient (Wildman–Crippen LogP) is 3.19. The van der Waals surface area contributed by atoms with E-state index in [1.807, 2.05) is 4.90 Å². The van der Waals surface area contributed by atoms with Gasteiger partial charge in [0, 0.05) is 36.5 Å². The van der Waals surface area contributed by atoms with Gasteiger partial charge in [-0.25, -0.2) is 0 Å². The van der Waals surface area contributed by atoms with Gasteiger partial charge >= 0.3 is 0 Å². The van der Waals surface area contributed by atoms with Gasteiger partial charge in [0.05, 0.1) is 6.61 Å². The normalized spacial score (nSPS) is 17.3. The van der Waals surface area contributed by atoms with Crippen LogP contribution in [0.25, 0.3) is 0 Å². The first kappa shape index (κ1) is 18.5. The van der Waals surface area contributed by atoms with Crippen LogP contribution >= 0.6 is 11.6 Å². The number of nitrogens with zero attached hydrogens (tertiary/aromatic N) is 1. The highest BCUT2D eigenvalue weighted by Gasteiger charge is 2.24. The van der Waals surface area contributed by atoms with Gasteiger partial charge in [-0.2, -0.15) is 0 Å². The topological polar surface area (TPSA) is 46.6 Å². The second-order valence-electron chi connectivity index (χ2n) is 6.00. The van der Waals surface area contributed by atoms with Crippen molar-refractivity contribution < 1.29 is 14.3 Å². The molecule has 1 aromatic carbocycles. The van der Waals surface area contributed by atoms with E-state index in [2.05, 4.69) is 5.92 Å². The van der Waals surface area contributed by atoms with Crippen molar-refractivity contribution in [2.45, 2.75) is 25.7 Å². The van der Waals surface area contributed by atoms with Crippen LogP contribution in [0.1, 0.15) is 36.0 Å². The largest absolute Gasteiger partial charge is 0.368 e. The number of likely N-dealkylation sites (tertiary alicyclic amines) is 1. The Bertz CT molecular complexity index is 606. The molecule has 5 heteroatoms. The van der Waals surface area contributed by atoms with E-state index in [1.54, 1.807) is 24.3 Å². The van der Waals surface area contributed by atoms with Crippen molar-refractivity contribution in [2.75, 3.05) is 26.3 Å². The van der Waals surface area contributed by atoms with Crippen LogP contribution in [0.15, 0.2) is 24.3 Å². The first-order valence-corrected chi connectivity index (χ1v) is 8.55. The number of hydrogen-bond acceptors (Lipinski definition) is 3. The summed E-state index contributed by atoms with van der Waals surface area (Å²) in [5.41, 5.74) is 0.589. The number of terminal acetylenes is 1. The smallest absolute Gasteiger partial charge is 0.223 e. The number of piperidine rings is 1. The van der Waals surface area contributed by atoms with Gasteiger partial charge in [-0.05, 0) is 43.0 Å². The zero-order chi connectivity index (χ0) is 17.4. The Morgan fingerprint density at radius 3 is 2.75 bits per heavy atom. The minimum atomic E-state index is -0.0362. The third-order valence-corrected chi connectivity index (χ3v) is 4.39. The molecule has 1 aromatic rings. The molecule has 4 nitrogen and oxygen atoms in total. The van der Waals surface area contributed by atoms with E-state index in [-0.39, 0.29) is 24.5 Å². The lowest BCUT2D eigenvalue weighted by atomic mass is 9.98. The lowest BCUT2D eigenvalue weighted by Crippen LogP contribution is -2.41. The maximum absolute atomic E-state index is 12.3. The van der Waals surface area contributed by atoms with Gasteiger partial charge in [0.2, 0.25) is 5.91 Å². The average molecular weight is 348 g/mol. The molecule has 1 saturated heterocycles. The number of carbonyl (C=O) groups is 2. The Morgan fingerprint density at radius 2 is 2.04 bits per heavy atom. The Balaban J connectivity index is 1.78. The summed E-state index contributed by atoms with van der Waals surface area (Å²) in [6.07, 6.45) is 7.62. The molecule has 0 saturated carbocycles. The van der Waals surface area contributed by atoms with Gasteiger partial charge in [-0.15, -0.1) is 6.42 Å². The first-order valence-electron chi connectivity index (χ1n) is 8.18. The first-order chi connectivity index (χ1) is 11.6. The molecule has 1 aliphatic heterocycles. The molecule has 24 heavy (non-hydrogen) atoms. The minimum Gasteiger partial charge on any atom is -0.368 e. The van der Waals surface area contributed by atoms with Crippen LogP contribution in [-0.4, -0.2) is 42.9 Å². The molecule has 0 aromatic heterocycles. The van der Waals surface area contributed by atoms with Crippen LogP contribution in [0.4, 0.5) is 0 Å². The van der Waals surface area contributed by atoms with Crippen LogP contribution in [0.5, 0.6) is 0 Å². The van der Waals surface area contributed by atoms with Gasteiger partial charge in [0.25, 0.3) is 0 Å². The fourth-order valence-electron chi connectivity index (χ4n) is 2.87. The number of rotatable bonds is 7. The van der Waals surface area contributed by atoms with Crippen molar-refractivity contribution in [3.05, 3.63) is 34.9 Å². The molecular formula is C19H22ClNO3. The summed E-state index contributed by atoms with van der Waals surface area (Å²) < 4.78 is 5.38. The zero-order valence-electron chi connectivity index (χ0n) is 13.7. The summed E-state index contributed by atoms with van der Waals surface area (Å²) in [4.78, 5) is 26.3. The molecule has 1 fully saturated rings. The van der Waals surface area contributed by atoms with Crippen molar-refractivity contribution in [3.8, 4) is 12.3 Å². The molecule has 1 heterocycles. The average Bonchev–Trinajstić information content (AvgIpc) is 2.60. The monoisotopic (exact) mass is 347 g/mol. The van der Waals surface area contributed by atoms with Crippen LogP contribution in [0, 0.1) is 18.3 Å². The molecule has 1 atom stereocenters. The number of ketones is 1. The van der Waals surface area contributed by atoms with E-state index in [0.717, 1.165) is 19.4 Å². The summed E-state index contributed by atoms with van der Waals surface area (Å²) in [5.74, 6) is 2.76. The molecule has 2 rings (SSSR count). The molecule has 0 bridgehead atoms. The number of ether oxygens (including phenoxy) is 1. The molecule has 0 aliphatic carbocycles. The summed E-state index contributed by atoms with van der Waals surface area (Å²) >= 11 is 5.81.